The summed E-state index contributed by atoms with van der Waals surface area (Å²) in [5.74, 6) is 0. The third-order valence-corrected chi connectivity index (χ3v) is 6.55. The molecule has 0 aliphatic carbocycles. The number of hydrogen-bond acceptors (Lipinski definition) is 4. The van der Waals surface area contributed by atoms with Crippen molar-refractivity contribution in [3.63, 3.8) is 0 Å². The van der Waals surface area contributed by atoms with Gasteiger partial charge in [-0.3, -0.25) is 4.90 Å². The molecule has 0 amide bonds. The summed E-state index contributed by atoms with van der Waals surface area (Å²) >= 11 is 5.91. The van der Waals surface area contributed by atoms with Crippen molar-refractivity contribution in [2.75, 3.05) is 39.4 Å². The maximum absolute atomic E-state index is 12.7. The summed E-state index contributed by atoms with van der Waals surface area (Å²) in [6.07, 6.45) is 1.75. The molecule has 0 radical (unpaired) electrons. The molecule has 2 aliphatic rings. The molecular formula is C15H21ClN2O3S. The average Bonchev–Trinajstić information content (AvgIpc) is 2.56. The Kier molecular flexibility index (Phi) is 5.04. The molecule has 1 aromatic carbocycles. The summed E-state index contributed by atoms with van der Waals surface area (Å²) in [5.41, 5.74) is 0. The molecular weight excluding hydrogens is 324 g/mol. The van der Waals surface area contributed by atoms with Crippen LogP contribution in [0.3, 0.4) is 0 Å². The number of morpholine rings is 1. The molecule has 122 valence electrons. The number of nitrogens with zero attached hydrogens (tertiary/aromatic N) is 2. The predicted octanol–water partition coefficient (Wildman–Crippen LogP) is 1.83. The summed E-state index contributed by atoms with van der Waals surface area (Å²) in [4.78, 5) is 2.71. The lowest BCUT2D eigenvalue weighted by Crippen LogP contribution is -2.50. The van der Waals surface area contributed by atoms with Gasteiger partial charge in [-0.2, -0.15) is 4.31 Å². The normalized spacial score (nSPS) is 22.8. The number of hydrogen-bond donors (Lipinski definition) is 0. The van der Waals surface area contributed by atoms with Crippen molar-refractivity contribution in [3.8, 4) is 0 Å². The standard InChI is InChI=1S/C15H21ClN2O3S/c16-13-2-1-3-15(12-13)22(19,20)18-6-4-14(5-7-18)17-8-10-21-11-9-17/h1-3,12,14H,4-11H2. The van der Waals surface area contributed by atoms with Crippen LogP contribution in [0.25, 0.3) is 0 Å². The van der Waals surface area contributed by atoms with Crippen molar-refractivity contribution in [2.24, 2.45) is 0 Å². The number of piperidine rings is 1. The Morgan fingerprint density at radius 2 is 1.77 bits per heavy atom. The van der Waals surface area contributed by atoms with Crippen molar-refractivity contribution in [2.45, 2.75) is 23.8 Å². The fraction of sp³-hybridized carbons (Fsp3) is 0.600. The molecule has 0 bridgehead atoms. The van der Waals surface area contributed by atoms with Gasteiger partial charge in [-0.05, 0) is 31.0 Å². The van der Waals surface area contributed by atoms with Crippen LogP contribution < -0.4 is 0 Å². The average molecular weight is 345 g/mol. The monoisotopic (exact) mass is 344 g/mol. The highest BCUT2D eigenvalue weighted by atomic mass is 35.5. The second-order valence-electron chi connectivity index (χ2n) is 5.74. The van der Waals surface area contributed by atoms with Crippen LogP contribution in [0, 0.1) is 0 Å². The minimum atomic E-state index is -3.43. The van der Waals surface area contributed by atoms with E-state index in [1.165, 1.54) is 6.07 Å². The zero-order valence-corrected chi connectivity index (χ0v) is 14.0. The van der Waals surface area contributed by atoms with Gasteiger partial charge >= 0.3 is 0 Å². The van der Waals surface area contributed by atoms with E-state index in [4.69, 9.17) is 16.3 Å². The highest BCUT2D eigenvalue weighted by Crippen LogP contribution is 2.25. The quantitative estimate of drug-likeness (QED) is 0.839. The molecule has 2 saturated heterocycles. The fourth-order valence-corrected chi connectivity index (χ4v) is 4.94. The third-order valence-electron chi connectivity index (χ3n) is 4.42. The van der Waals surface area contributed by atoms with Crippen LogP contribution in [0.5, 0.6) is 0 Å². The fourth-order valence-electron chi connectivity index (χ4n) is 3.17. The van der Waals surface area contributed by atoms with Gasteiger partial charge in [-0.1, -0.05) is 17.7 Å². The van der Waals surface area contributed by atoms with Gasteiger partial charge in [0.1, 0.15) is 0 Å². The Morgan fingerprint density at radius 1 is 1.09 bits per heavy atom. The Bertz CT molecular complexity index is 609. The van der Waals surface area contributed by atoms with E-state index in [9.17, 15) is 8.42 Å². The van der Waals surface area contributed by atoms with Crippen molar-refractivity contribution in [1.82, 2.24) is 9.21 Å². The molecule has 7 heteroatoms. The van der Waals surface area contributed by atoms with Gasteiger partial charge in [0.25, 0.3) is 0 Å². The van der Waals surface area contributed by atoms with Crippen molar-refractivity contribution < 1.29 is 13.2 Å². The van der Waals surface area contributed by atoms with Gasteiger partial charge in [0, 0.05) is 37.2 Å². The Labute approximate surface area is 136 Å². The minimum absolute atomic E-state index is 0.282. The molecule has 2 aliphatic heterocycles. The van der Waals surface area contributed by atoms with E-state index < -0.39 is 10.0 Å². The first-order valence-corrected chi connectivity index (χ1v) is 9.47. The Hall–Kier alpha value is -0.660. The molecule has 0 unspecified atom stereocenters. The van der Waals surface area contributed by atoms with Gasteiger partial charge in [0.2, 0.25) is 10.0 Å². The Morgan fingerprint density at radius 3 is 2.41 bits per heavy atom. The van der Waals surface area contributed by atoms with Gasteiger partial charge in [0.15, 0.2) is 0 Å². The highest BCUT2D eigenvalue weighted by molar-refractivity contribution is 7.89. The van der Waals surface area contributed by atoms with Crippen LogP contribution >= 0.6 is 11.6 Å². The molecule has 0 atom stereocenters. The van der Waals surface area contributed by atoms with Gasteiger partial charge in [-0.15, -0.1) is 0 Å². The molecule has 0 saturated carbocycles. The predicted molar refractivity (Wildman–Crippen MR) is 85.6 cm³/mol. The van der Waals surface area contributed by atoms with Crippen LogP contribution in [-0.4, -0.2) is 63.1 Å². The topological polar surface area (TPSA) is 49.9 Å². The zero-order valence-electron chi connectivity index (χ0n) is 12.4. The van der Waals surface area contributed by atoms with E-state index in [1.807, 2.05) is 0 Å². The van der Waals surface area contributed by atoms with Crippen molar-refractivity contribution in [1.29, 1.82) is 0 Å². The van der Waals surface area contributed by atoms with Crippen LogP contribution in [0.4, 0.5) is 0 Å². The molecule has 3 rings (SSSR count). The van der Waals surface area contributed by atoms with E-state index in [2.05, 4.69) is 4.90 Å². The summed E-state index contributed by atoms with van der Waals surface area (Å²) < 4.78 is 32.3. The van der Waals surface area contributed by atoms with E-state index >= 15 is 0 Å². The molecule has 1 aromatic rings. The number of halogens is 1. The minimum Gasteiger partial charge on any atom is -0.379 e. The van der Waals surface area contributed by atoms with E-state index in [1.54, 1.807) is 22.5 Å². The lowest BCUT2D eigenvalue weighted by atomic mass is 10.0. The summed E-state index contributed by atoms with van der Waals surface area (Å²) in [6, 6.07) is 6.95. The largest absolute Gasteiger partial charge is 0.379 e. The second-order valence-corrected chi connectivity index (χ2v) is 8.12. The summed E-state index contributed by atoms with van der Waals surface area (Å²) in [6.45, 7) is 4.59. The number of ether oxygens (including phenoxy) is 1. The smallest absolute Gasteiger partial charge is 0.243 e. The first-order chi connectivity index (χ1) is 10.6. The molecule has 0 spiro atoms. The number of benzene rings is 1. The summed E-state index contributed by atoms with van der Waals surface area (Å²) in [7, 11) is -3.43. The molecule has 22 heavy (non-hydrogen) atoms. The zero-order chi connectivity index (χ0) is 15.6. The lowest BCUT2D eigenvalue weighted by molar-refractivity contribution is 0.00610. The molecule has 0 aromatic heterocycles. The molecule has 2 fully saturated rings. The van der Waals surface area contributed by atoms with E-state index in [0.29, 0.717) is 24.2 Å². The van der Waals surface area contributed by atoms with Crippen molar-refractivity contribution in [3.05, 3.63) is 29.3 Å². The first-order valence-electron chi connectivity index (χ1n) is 7.65. The summed E-state index contributed by atoms with van der Waals surface area (Å²) in [5, 5.41) is 0.448. The molecule has 2 heterocycles. The lowest BCUT2D eigenvalue weighted by Gasteiger charge is -2.39. The van der Waals surface area contributed by atoms with Gasteiger partial charge in [-0.25, -0.2) is 8.42 Å². The Balaban J connectivity index is 1.65. The number of sulfonamides is 1. The van der Waals surface area contributed by atoms with Crippen LogP contribution in [-0.2, 0) is 14.8 Å². The maximum Gasteiger partial charge on any atom is 0.243 e. The van der Waals surface area contributed by atoms with Crippen LogP contribution in [0.2, 0.25) is 5.02 Å². The maximum atomic E-state index is 12.7. The van der Waals surface area contributed by atoms with Gasteiger partial charge < -0.3 is 4.74 Å². The number of rotatable bonds is 3. The van der Waals surface area contributed by atoms with Crippen LogP contribution in [0.15, 0.2) is 29.2 Å². The van der Waals surface area contributed by atoms with E-state index in [0.717, 1.165) is 39.1 Å². The van der Waals surface area contributed by atoms with Crippen molar-refractivity contribution >= 4 is 21.6 Å². The molecule has 5 nitrogen and oxygen atoms in total. The third kappa shape index (κ3) is 3.46. The first kappa shape index (κ1) is 16.2. The highest BCUT2D eigenvalue weighted by Gasteiger charge is 2.32. The van der Waals surface area contributed by atoms with Gasteiger partial charge in [0.05, 0.1) is 18.1 Å². The van der Waals surface area contributed by atoms with E-state index in [-0.39, 0.29) is 4.90 Å². The SMILES string of the molecule is O=S(=O)(c1cccc(Cl)c1)N1CCC(N2CCOCC2)CC1. The second kappa shape index (κ2) is 6.84. The van der Waals surface area contributed by atoms with Crippen LogP contribution in [0.1, 0.15) is 12.8 Å². The molecule has 0 N–H and O–H groups in total.